The van der Waals surface area contributed by atoms with E-state index in [2.05, 4.69) is 14.9 Å². The fraction of sp³-hybridized carbons (Fsp3) is 0.200. The summed E-state index contributed by atoms with van der Waals surface area (Å²) in [6.45, 7) is -2.92. The highest BCUT2D eigenvalue weighted by molar-refractivity contribution is 5.86. The van der Waals surface area contributed by atoms with E-state index >= 15 is 0 Å². The molecule has 35 heavy (non-hydrogen) atoms. The van der Waals surface area contributed by atoms with Gasteiger partial charge in [-0.15, -0.1) is 12.4 Å². The highest BCUT2D eigenvalue weighted by Crippen LogP contribution is 2.39. The van der Waals surface area contributed by atoms with E-state index in [1.165, 1.54) is 12.1 Å². The Morgan fingerprint density at radius 1 is 1.03 bits per heavy atom. The van der Waals surface area contributed by atoms with Crippen LogP contribution in [0.1, 0.15) is 24.5 Å². The lowest BCUT2D eigenvalue weighted by molar-refractivity contribution is -0.0498. The molecule has 0 radical (unpaired) electrons. The molecule has 0 atom stereocenters. The number of benzene rings is 2. The first-order chi connectivity index (χ1) is 16.5. The van der Waals surface area contributed by atoms with Crippen molar-refractivity contribution in [1.82, 2.24) is 24.4 Å². The van der Waals surface area contributed by atoms with Crippen molar-refractivity contribution < 1.29 is 13.5 Å². The summed E-state index contributed by atoms with van der Waals surface area (Å²) in [5.41, 5.74) is 3.73. The van der Waals surface area contributed by atoms with E-state index in [9.17, 15) is 13.6 Å². The zero-order chi connectivity index (χ0) is 23.4. The molecule has 0 spiro atoms. The Hall–Kier alpha value is -3.85. The predicted octanol–water partition coefficient (Wildman–Crippen LogP) is 5.21. The molecule has 10 heteroatoms. The van der Waals surface area contributed by atoms with Gasteiger partial charge in [0.2, 0.25) is 5.43 Å². The molecule has 1 saturated carbocycles. The lowest BCUT2D eigenvalue weighted by Crippen LogP contribution is -2.16. The fourth-order valence-corrected chi connectivity index (χ4v) is 4.21. The maximum atomic E-state index is 13.8. The average Bonchev–Trinajstić information content (AvgIpc) is 3.59. The third-order valence-corrected chi connectivity index (χ3v) is 5.97. The largest absolute Gasteiger partial charge is 0.435 e. The summed E-state index contributed by atoms with van der Waals surface area (Å²) < 4.78 is 33.0. The summed E-state index contributed by atoms with van der Waals surface area (Å²) >= 11 is 0. The van der Waals surface area contributed by atoms with Crippen molar-refractivity contribution in [1.29, 1.82) is 0 Å². The Morgan fingerprint density at radius 2 is 1.77 bits per heavy atom. The van der Waals surface area contributed by atoms with Gasteiger partial charge in [-0.2, -0.15) is 19.0 Å². The van der Waals surface area contributed by atoms with Crippen molar-refractivity contribution in [3.05, 3.63) is 76.8 Å². The molecule has 1 aliphatic rings. The maximum Gasteiger partial charge on any atom is 0.387 e. The summed E-state index contributed by atoms with van der Waals surface area (Å²) in [6, 6.07) is 13.5. The molecule has 7 nitrogen and oxygen atoms in total. The fourth-order valence-electron chi connectivity index (χ4n) is 4.21. The third-order valence-electron chi connectivity index (χ3n) is 5.97. The second-order valence-corrected chi connectivity index (χ2v) is 8.43. The van der Waals surface area contributed by atoms with Crippen LogP contribution in [0, 0.1) is 0 Å². The Labute approximate surface area is 204 Å². The molecule has 1 fully saturated rings. The van der Waals surface area contributed by atoms with Crippen LogP contribution in [0.25, 0.3) is 38.9 Å². The van der Waals surface area contributed by atoms with Crippen LogP contribution in [0.2, 0.25) is 0 Å². The van der Waals surface area contributed by atoms with Gasteiger partial charge in [-0.25, -0.2) is 9.50 Å². The van der Waals surface area contributed by atoms with Crippen LogP contribution in [0.15, 0.2) is 65.7 Å². The Morgan fingerprint density at radius 3 is 2.49 bits per heavy atom. The number of rotatable bonds is 5. The van der Waals surface area contributed by atoms with E-state index in [0.717, 1.165) is 29.4 Å². The highest BCUT2D eigenvalue weighted by Gasteiger charge is 2.26. The lowest BCUT2D eigenvalue weighted by atomic mass is 10.0. The standard InChI is InChI=1S/C25H19F2N5O2.ClH/c1-31-13-17-12-16(6-9-20(17)29-31)22-23(33)21(15-4-7-18(8-5-15)34-25(26)27)24-28-19(14-2-3-14)10-11-32(24)30-22;/h4-14,25H,2-3H2,1H3;1H. The monoisotopic (exact) mass is 495 g/mol. The van der Waals surface area contributed by atoms with Crippen molar-refractivity contribution >= 4 is 29.0 Å². The van der Waals surface area contributed by atoms with Crippen LogP contribution < -0.4 is 10.2 Å². The maximum absolute atomic E-state index is 13.8. The van der Waals surface area contributed by atoms with E-state index in [0.29, 0.717) is 28.3 Å². The molecule has 0 aliphatic heterocycles. The normalized spacial score (nSPS) is 13.4. The summed E-state index contributed by atoms with van der Waals surface area (Å²) in [7, 11) is 1.84. The number of aromatic nitrogens is 5. The second-order valence-electron chi connectivity index (χ2n) is 8.43. The Kier molecular flexibility index (Phi) is 5.72. The van der Waals surface area contributed by atoms with Crippen LogP contribution in [0.4, 0.5) is 8.78 Å². The molecule has 3 heterocycles. The molecule has 6 rings (SSSR count). The van der Waals surface area contributed by atoms with Crippen LogP contribution in [0.3, 0.4) is 0 Å². The van der Waals surface area contributed by atoms with E-state index in [1.54, 1.807) is 21.3 Å². The van der Waals surface area contributed by atoms with Gasteiger partial charge >= 0.3 is 6.61 Å². The minimum atomic E-state index is -2.92. The van der Waals surface area contributed by atoms with Crippen molar-refractivity contribution in [2.24, 2.45) is 7.05 Å². The van der Waals surface area contributed by atoms with Gasteiger partial charge in [-0.05, 0) is 48.7 Å². The zero-order valence-corrected chi connectivity index (χ0v) is 19.4. The molecule has 0 amide bonds. The van der Waals surface area contributed by atoms with E-state index in [1.807, 2.05) is 43.7 Å². The molecule has 2 aromatic carbocycles. The highest BCUT2D eigenvalue weighted by atomic mass is 35.5. The molecule has 0 N–H and O–H groups in total. The number of ether oxygens (including phenoxy) is 1. The number of hydrogen-bond donors (Lipinski definition) is 0. The van der Waals surface area contributed by atoms with Crippen molar-refractivity contribution in [3.63, 3.8) is 0 Å². The van der Waals surface area contributed by atoms with Crippen LogP contribution in [-0.2, 0) is 7.05 Å². The SMILES string of the molecule is Cl.Cn1cc2cc(-c3nn4ccc(C5CC5)nc4c(-c4ccc(OC(F)F)cc4)c3=O)ccc2n1. The minimum absolute atomic E-state index is 0. The third kappa shape index (κ3) is 4.23. The summed E-state index contributed by atoms with van der Waals surface area (Å²) in [4.78, 5) is 18.6. The van der Waals surface area contributed by atoms with E-state index in [-0.39, 0.29) is 29.3 Å². The van der Waals surface area contributed by atoms with Gasteiger partial charge in [0.15, 0.2) is 5.65 Å². The van der Waals surface area contributed by atoms with Crippen molar-refractivity contribution in [3.8, 4) is 28.1 Å². The van der Waals surface area contributed by atoms with Crippen molar-refractivity contribution in [2.45, 2.75) is 25.4 Å². The van der Waals surface area contributed by atoms with Gasteiger partial charge in [-0.3, -0.25) is 9.48 Å². The lowest BCUT2D eigenvalue weighted by Gasteiger charge is -2.12. The zero-order valence-electron chi connectivity index (χ0n) is 18.6. The molecular formula is C25H20ClF2N5O2. The number of alkyl halides is 2. The molecular weight excluding hydrogens is 476 g/mol. The Balaban J connectivity index is 0.00000253. The average molecular weight is 496 g/mol. The Bertz CT molecular complexity index is 1610. The van der Waals surface area contributed by atoms with Gasteiger partial charge in [0.05, 0.1) is 11.1 Å². The van der Waals surface area contributed by atoms with E-state index in [4.69, 9.17) is 4.98 Å². The number of aryl methyl sites for hydroxylation is 1. The molecule has 3 aromatic heterocycles. The van der Waals surface area contributed by atoms with Gasteiger partial charge in [-0.1, -0.05) is 18.2 Å². The second kappa shape index (κ2) is 8.74. The summed E-state index contributed by atoms with van der Waals surface area (Å²) in [6.07, 6.45) is 5.83. The number of fused-ring (bicyclic) bond motifs is 2. The quantitative estimate of drug-likeness (QED) is 0.334. The predicted molar refractivity (Wildman–Crippen MR) is 130 cm³/mol. The van der Waals surface area contributed by atoms with Crippen LogP contribution >= 0.6 is 12.4 Å². The number of halogens is 3. The smallest absolute Gasteiger partial charge is 0.387 e. The molecule has 1 aliphatic carbocycles. The number of nitrogens with zero attached hydrogens (tertiary/aromatic N) is 5. The molecule has 0 bridgehead atoms. The molecule has 0 saturated heterocycles. The first kappa shape index (κ1) is 22.9. The van der Waals surface area contributed by atoms with Crippen LogP contribution in [-0.4, -0.2) is 31.0 Å². The summed E-state index contributed by atoms with van der Waals surface area (Å²) in [5.74, 6) is 0.411. The molecule has 5 aromatic rings. The topological polar surface area (TPSA) is 74.3 Å². The molecule has 0 unspecified atom stereocenters. The van der Waals surface area contributed by atoms with Gasteiger partial charge in [0.1, 0.15) is 11.4 Å². The summed E-state index contributed by atoms with van der Waals surface area (Å²) in [5, 5.41) is 9.89. The van der Waals surface area contributed by atoms with Gasteiger partial charge in [0, 0.05) is 42.0 Å². The number of hydrogen-bond acceptors (Lipinski definition) is 5. The van der Waals surface area contributed by atoms with Gasteiger partial charge < -0.3 is 4.74 Å². The van der Waals surface area contributed by atoms with E-state index < -0.39 is 6.61 Å². The first-order valence-electron chi connectivity index (χ1n) is 10.9. The minimum Gasteiger partial charge on any atom is -0.435 e. The van der Waals surface area contributed by atoms with Gasteiger partial charge in [0.25, 0.3) is 0 Å². The first-order valence-corrected chi connectivity index (χ1v) is 10.9. The van der Waals surface area contributed by atoms with Crippen LogP contribution in [0.5, 0.6) is 5.75 Å². The van der Waals surface area contributed by atoms with Crippen molar-refractivity contribution in [2.75, 3.05) is 0 Å². The molecule has 178 valence electrons.